The van der Waals surface area contributed by atoms with E-state index in [0.717, 1.165) is 6.07 Å². The van der Waals surface area contributed by atoms with E-state index in [0.29, 0.717) is 9.87 Å². The molecular weight excluding hydrogens is 350 g/mol. The lowest BCUT2D eigenvalue weighted by atomic mass is 10.2. The zero-order chi connectivity index (χ0) is 16.3. The van der Waals surface area contributed by atoms with Crippen LogP contribution in [-0.4, -0.2) is 32.0 Å². The summed E-state index contributed by atoms with van der Waals surface area (Å²) < 4.78 is 62.5. The minimum absolute atomic E-state index is 0.0837. The third-order valence-corrected chi connectivity index (χ3v) is 5.12. The minimum Gasteiger partial charge on any atom is -0.207 e. The first-order chi connectivity index (χ1) is 9.61. The van der Waals surface area contributed by atoms with Crippen LogP contribution in [0.1, 0.15) is 18.9 Å². The van der Waals surface area contributed by atoms with E-state index in [1.807, 2.05) is 0 Å². The molecule has 0 heterocycles. The monoisotopic (exact) mass is 363 g/mol. The maximum atomic E-state index is 12.5. The highest BCUT2D eigenvalue weighted by atomic mass is 35.5. The van der Waals surface area contributed by atoms with Crippen LogP contribution in [0, 0.1) is 0 Å². The first kappa shape index (κ1) is 18.5. The molecule has 3 nitrogen and oxygen atoms in total. The van der Waals surface area contributed by atoms with E-state index in [1.165, 1.54) is 12.1 Å². The fraction of sp³-hybridized carbons (Fsp3) is 0.500. The quantitative estimate of drug-likeness (QED) is 0.715. The number of benzene rings is 1. The number of halogens is 5. The van der Waals surface area contributed by atoms with E-state index < -0.39 is 22.7 Å². The largest absolute Gasteiger partial charge is 0.402 e. The average molecular weight is 364 g/mol. The van der Waals surface area contributed by atoms with Crippen LogP contribution in [0.2, 0.25) is 5.02 Å². The van der Waals surface area contributed by atoms with E-state index in [2.05, 4.69) is 0 Å². The number of alkyl halides is 4. The van der Waals surface area contributed by atoms with Crippen LogP contribution < -0.4 is 0 Å². The molecular formula is C12H14Cl2F3NO2S. The van der Waals surface area contributed by atoms with Gasteiger partial charge in [0.15, 0.2) is 0 Å². The van der Waals surface area contributed by atoms with Gasteiger partial charge in [-0.05, 0) is 24.1 Å². The Morgan fingerprint density at radius 2 is 1.90 bits per heavy atom. The molecule has 0 saturated heterocycles. The van der Waals surface area contributed by atoms with Gasteiger partial charge in [0, 0.05) is 17.4 Å². The highest BCUT2D eigenvalue weighted by Gasteiger charge is 2.36. The van der Waals surface area contributed by atoms with Crippen LogP contribution >= 0.6 is 23.2 Å². The van der Waals surface area contributed by atoms with Gasteiger partial charge in [-0.3, -0.25) is 0 Å². The van der Waals surface area contributed by atoms with Gasteiger partial charge in [0.25, 0.3) is 0 Å². The second-order valence-electron chi connectivity index (χ2n) is 4.34. The first-order valence-corrected chi connectivity index (χ1v) is 8.38. The van der Waals surface area contributed by atoms with Crippen molar-refractivity contribution in [1.29, 1.82) is 0 Å². The molecule has 0 bridgehead atoms. The highest BCUT2D eigenvalue weighted by molar-refractivity contribution is 7.89. The molecule has 0 saturated carbocycles. The molecule has 1 rings (SSSR count). The Hall–Kier alpha value is -0.500. The summed E-state index contributed by atoms with van der Waals surface area (Å²) >= 11 is 11.5. The predicted octanol–water partition coefficient (Wildman–Crippen LogP) is 4.04. The Morgan fingerprint density at radius 1 is 1.29 bits per heavy atom. The summed E-state index contributed by atoms with van der Waals surface area (Å²) in [6.07, 6.45) is -4.34. The van der Waals surface area contributed by atoms with Crippen LogP contribution in [0.5, 0.6) is 0 Å². The van der Waals surface area contributed by atoms with Crippen molar-refractivity contribution >= 4 is 33.2 Å². The number of nitrogens with zero attached hydrogens (tertiary/aromatic N) is 1. The fourth-order valence-electron chi connectivity index (χ4n) is 1.68. The molecule has 0 fully saturated rings. The lowest BCUT2D eigenvalue weighted by molar-refractivity contribution is -0.136. The molecule has 0 aliphatic rings. The van der Waals surface area contributed by atoms with Crippen molar-refractivity contribution in [3.8, 4) is 0 Å². The van der Waals surface area contributed by atoms with Gasteiger partial charge in [-0.1, -0.05) is 24.6 Å². The maximum Gasteiger partial charge on any atom is 0.402 e. The summed E-state index contributed by atoms with van der Waals surface area (Å²) in [7, 11) is -4.26. The first-order valence-electron chi connectivity index (χ1n) is 6.03. The third-order valence-electron chi connectivity index (χ3n) is 2.63. The van der Waals surface area contributed by atoms with Crippen molar-refractivity contribution in [2.24, 2.45) is 0 Å². The molecule has 9 heteroatoms. The molecule has 0 radical (unpaired) electrons. The molecule has 1 aromatic carbocycles. The van der Waals surface area contributed by atoms with Gasteiger partial charge < -0.3 is 0 Å². The van der Waals surface area contributed by atoms with E-state index in [-0.39, 0.29) is 28.8 Å². The Morgan fingerprint density at radius 3 is 2.33 bits per heavy atom. The second kappa shape index (κ2) is 7.17. The summed E-state index contributed by atoms with van der Waals surface area (Å²) in [5, 5.41) is 0.106. The molecule has 21 heavy (non-hydrogen) atoms. The average Bonchev–Trinajstić information content (AvgIpc) is 2.36. The highest BCUT2D eigenvalue weighted by Crippen LogP contribution is 2.27. The van der Waals surface area contributed by atoms with E-state index >= 15 is 0 Å². The number of rotatable bonds is 6. The molecule has 0 N–H and O–H groups in total. The van der Waals surface area contributed by atoms with Gasteiger partial charge in [0.1, 0.15) is 6.54 Å². The second-order valence-corrected chi connectivity index (χ2v) is 6.95. The van der Waals surface area contributed by atoms with Gasteiger partial charge in [0.2, 0.25) is 10.0 Å². The van der Waals surface area contributed by atoms with E-state index in [4.69, 9.17) is 23.2 Å². The molecule has 0 atom stereocenters. The number of sulfonamides is 1. The van der Waals surface area contributed by atoms with Crippen molar-refractivity contribution in [2.75, 3.05) is 13.1 Å². The number of hydrogen-bond acceptors (Lipinski definition) is 2. The number of hydrogen-bond donors (Lipinski definition) is 0. The molecule has 0 aliphatic carbocycles. The molecule has 0 unspecified atom stereocenters. The molecule has 0 aliphatic heterocycles. The predicted molar refractivity (Wildman–Crippen MR) is 76.1 cm³/mol. The zero-order valence-electron chi connectivity index (χ0n) is 11.1. The Bertz CT molecular complexity index is 591. The molecule has 0 spiro atoms. The fourth-order valence-corrected chi connectivity index (χ4v) is 3.84. The van der Waals surface area contributed by atoms with Crippen molar-refractivity contribution in [1.82, 2.24) is 4.31 Å². The van der Waals surface area contributed by atoms with Crippen LogP contribution in [-0.2, 0) is 15.9 Å². The van der Waals surface area contributed by atoms with Crippen LogP contribution in [0.4, 0.5) is 13.2 Å². The maximum absolute atomic E-state index is 12.5. The van der Waals surface area contributed by atoms with E-state index in [9.17, 15) is 21.6 Å². The molecule has 1 aromatic rings. The Balaban J connectivity index is 3.19. The molecule has 0 aromatic heterocycles. The van der Waals surface area contributed by atoms with Crippen LogP contribution in [0.25, 0.3) is 0 Å². The minimum atomic E-state index is -4.61. The Labute approximate surface area is 131 Å². The van der Waals surface area contributed by atoms with Gasteiger partial charge in [-0.25, -0.2) is 8.42 Å². The van der Waals surface area contributed by atoms with Crippen molar-refractivity contribution in [3.63, 3.8) is 0 Å². The molecule has 0 amide bonds. The van der Waals surface area contributed by atoms with Gasteiger partial charge in [0.05, 0.1) is 4.90 Å². The SMILES string of the molecule is CCCN(CC(F)(F)F)S(=O)(=O)c1ccc(CCl)c(Cl)c1. The summed E-state index contributed by atoms with van der Waals surface area (Å²) in [6, 6.07) is 3.71. The Kier molecular flexibility index (Phi) is 6.34. The topological polar surface area (TPSA) is 37.4 Å². The zero-order valence-corrected chi connectivity index (χ0v) is 13.5. The normalized spacial score (nSPS) is 12.9. The van der Waals surface area contributed by atoms with Crippen molar-refractivity contribution < 1.29 is 21.6 Å². The summed E-state index contributed by atoms with van der Waals surface area (Å²) in [4.78, 5) is -0.279. The summed E-state index contributed by atoms with van der Waals surface area (Å²) in [5.41, 5.74) is 0.509. The van der Waals surface area contributed by atoms with Crippen LogP contribution in [0.15, 0.2) is 23.1 Å². The molecule has 120 valence electrons. The van der Waals surface area contributed by atoms with Crippen molar-refractivity contribution in [2.45, 2.75) is 30.3 Å². The van der Waals surface area contributed by atoms with Gasteiger partial charge in [-0.15, -0.1) is 11.6 Å². The van der Waals surface area contributed by atoms with E-state index in [1.54, 1.807) is 6.92 Å². The smallest absolute Gasteiger partial charge is 0.207 e. The van der Waals surface area contributed by atoms with Crippen molar-refractivity contribution in [3.05, 3.63) is 28.8 Å². The van der Waals surface area contributed by atoms with Gasteiger partial charge in [-0.2, -0.15) is 17.5 Å². The van der Waals surface area contributed by atoms with Crippen LogP contribution in [0.3, 0.4) is 0 Å². The lowest BCUT2D eigenvalue weighted by Gasteiger charge is -2.23. The third kappa shape index (κ3) is 5.02. The lowest BCUT2D eigenvalue weighted by Crippen LogP contribution is -2.39. The summed E-state index contributed by atoms with van der Waals surface area (Å²) in [5.74, 6) is 0.0837. The standard InChI is InChI=1S/C12H14Cl2F3NO2S/c1-2-5-18(8-12(15,16)17)21(19,20)10-4-3-9(7-13)11(14)6-10/h3-4,6H,2,5,7-8H2,1H3. The summed E-state index contributed by atoms with van der Waals surface area (Å²) in [6.45, 7) is -0.156. The van der Waals surface area contributed by atoms with Gasteiger partial charge >= 0.3 is 6.18 Å².